The lowest BCUT2D eigenvalue weighted by Gasteiger charge is -2.12. The van der Waals surface area contributed by atoms with Crippen LogP contribution >= 0.6 is 11.8 Å². The SMILES string of the molecule is COC(=O)CC1(CSc2nccc(OC)n2)CC1. The molecule has 0 radical (unpaired) electrons. The maximum atomic E-state index is 11.3. The summed E-state index contributed by atoms with van der Waals surface area (Å²) in [6.07, 6.45) is 4.30. The van der Waals surface area contributed by atoms with Gasteiger partial charge in [-0.15, -0.1) is 0 Å². The normalized spacial score (nSPS) is 16.1. The van der Waals surface area contributed by atoms with E-state index in [-0.39, 0.29) is 11.4 Å². The Hall–Kier alpha value is -1.30. The van der Waals surface area contributed by atoms with E-state index in [9.17, 15) is 4.79 Å². The van der Waals surface area contributed by atoms with Gasteiger partial charge in [-0.2, -0.15) is 4.98 Å². The summed E-state index contributed by atoms with van der Waals surface area (Å²) < 4.78 is 9.76. The molecule has 0 aromatic carbocycles. The van der Waals surface area contributed by atoms with Gasteiger partial charge in [-0.25, -0.2) is 4.98 Å². The van der Waals surface area contributed by atoms with E-state index in [0.29, 0.717) is 17.5 Å². The van der Waals surface area contributed by atoms with Crippen LogP contribution in [0.5, 0.6) is 5.88 Å². The molecule has 98 valence electrons. The molecule has 18 heavy (non-hydrogen) atoms. The van der Waals surface area contributed by atoms with Crippen LogP contribution in [0.25, 0.3) is 0 Å². The van der Waals surface area contributed by atoms with Gasteiger partial charge in [-0.05, 0) is 18.3 Å². The van der Waals surface area contributed by atoms with Crippen LogP contribution in [0.15, 0.2) is 17.4 Å². The Labute approximate surface area is 110 Å². The van der Waals surface area contributed by atoms with Crippen molar-refractivity contribution in [2.45, 2.75) is 24.4 Å². The van der Waals surface area contributed by atoms with Crippen molar-refractivity contribution in [3.05, 3.63) is 12.3 Å². The molecule has 0 aliphatic heterocycles. The predicted molar refractivity (Wildman–Crippen MR) is 67.6 cm³/mol. The molecule has 5 nitrogen and oxygen atoms in total. The van der Waals surface area contributed by atoms with Crippen molar-refractivity contribution in [1.82, 2.24) is 9.97 Å². The van der Waals surface area contributed by atoms with E-state index in [0.717, 1.165) is 18.6 Å². The molecule has 0 atom stereocenters. The minimum Gasteiger partial charge on any atom is -0.481 e. The first-order valence-electron chi connectivity index (χ1n) is 5.74. The molecule has 1 aromatic heterocycles. The second-order valence-corrected chi connectivity index (χ2v) is 5.37. The van der Waals surface area contributed by atoms with Gasteiger partial charge >= 0.3 is 5.97 Å². The van der Waals surface area contributed by atoms with Crippen LogP contribution in [0, 0.1) is 5.41 Å². The summed E-state index contributed by atoms with van der Waals surface area (Å²) >= 11 is 1.56. The lowest BCUT2D eigenvalue weighted by molar-refractivity contribution is -0.141. The Morgan fingerprint density at radius 2 is 2.28 bits per heavy atom. The van der Waals surface area contributed by atoms with Crippen molar-refractivity contribution in [1.29, 1.82) is 0 Å². The second-order valence-electron chi connectivity index (χ2n) is 4.42. The number of carbonyl (C=O) groups excluding carboxylic acids is 1. The van der Waals surface area contributed by atoms with Gasteiger partial charge in [0.1, 0.15) is 0 Å². The Kier molecular flexibility index (Phi) is 4.06. The number of esters is 1. The van der Waals surface area contributed by atoms with E-state index >= 15 is 0 Å². The summed E-state index contributed by atoms with van der Waals surface area (Å²) in [6.45, 7) is 0. The van der Waals surface area contributed by atoms with Crippen molar-refractivity contribution in [2.24, 2.45) is 5.41 Å². The Bertz CT molecular complexity index is 435. The zero-order valence-electron chi connectivity index (χ0n) is 10.5. The summed E-state index contributed by atoms with van der Waals surface area (Å²) in [5, 5.41) is 0.686. The lowest BCUT2D eigenvalue weighted by Crippen LogP contribution is -2.13. The highest BCUT2D eigenvalue weighted by Gasteiger charge is 2.44. The van der Waals surface area contributed by atoms with Crippen molar-refractivity contribution in [3.63, 3.8) is 0 Å². The molecule has 0 spiro atoms. The number of nitrogens with zero attached hydrogens (tertiary/aromatic N) is 2. The van der Waals surface area contributed by atoms with Crippen LogP contribution in [0.3, 0.4) is 0 Å². The van der Waals surface area contributed by atoms with Gasteiger partial charge in [0.05, 0.1) is 20.6 Å². The molecule has 1 saturated carbocycles. The molecule has 1 heterocycles. The lowest BCUT2D eigenvalue weighted by atomic mass is 10.1. The van der Waals surface area contributed by atoms with Crippen LogP contribution in [0.2, 0.25) is 0 Å². The molecule has 1 fully saturated rings. The van der Waals surface area contributed by atoms with E-state index in [1.54, 1.807) is 31.1 Å². The average molecular weight is 268 g/mol. The Balaban J connectivity index is 1.89. The van der Waals surface area contributed by atoms with Crippen molar-refractivity contribution in [3.8, 4) is 5.88 Å². The highest BCUT2D eigenvalue weighted by Crippen LogP contribution is 2.51. The predicted octanol–water partition coefficient (Wildman–Crippen LogP) is 1.92. The topological polar surface area (TPSA) is 61.3 Å². The van der Waals surface area contributed by atoms with Crippen LogP contribution in [-0.4, -0.2) is 35.9 Å². The van der Waals surface area contributed by atoms with Crippen LogP contribution < -0.4 is 4.74 Å². The van der Waals surface area contributed by atoms with Crippen molar-refractivity contribution < 1.29 is 14.3 Å². The fraction of sp³-hybridized carbons (Fsp3) is 0.583. The molecule has 1 aliphatic carbocycles. The summed E-state index contributed by atoms with van der Waals surface area (Å²) in [5.41, 5.74) is 0.0875. The van der Waals surface area contributed by atoms with Gasteiger partial charge in [0.25, 0.3) is 0 Å². The third-order valence-corrected chi connectivity index (χ3v) is 4.24. The first kappa shape index (κ1) is 13.1. The van der Waals surface area contributed by atoms with E-state index in [1.807, 2.05) is 0 Å². The van der Waals surface area contributed by atoms with E-state index in [4.69, 9.17) is 9.47 Å². The first-order valence-corrected chi connectivity index (χ1v) is 6.73. The van der Waals surface area contributed by atoms with Crippen LogP contribution in [0.4, 0.5) is 0 Å². The number of hydrogen-bond donors (Lipinski definition) is 0. The summed E-state index contributed by atoms with van der Waals surface area (Å²) in [5.74, 6) is 1.26. The van der Waals surface area contributed by atoms with E-state index in [1.165, 1.54) is 7.11 Å². The van der Waals surface area contributed by atoms with E-state index in [2.05, 4.69) is 9.97 Å². The van der Waals surface area contributed by atoms with Crippen molar-refractivity contribution in [2.75, 3.05) is 20.0 Å². The number of carbonyl (C=O) groups is 1. The highest BCUT2D eigenvalue weighted by molar-refractivity contribution is 7.99. The second kappa shape index (κ2) is 5.56. The van der Waals surface area contributed by atoms with Gasteiger partial charge in [0.15, 0.2) is 5.16 Å². The highest BCUT2D eigenvalue weighted by atomic mass is 32.2. The molecular formula is C12H16N2O3S. The third kappa shape index (κ3) is 3.35. The van der Waals surface area contributed by atoms with Crippen LogP contribution in [-0.2, 0) is 9.53 Å². The number of aromatic nitrogens is 2. The largest absolute Gasteiger partial charge is 0.481 e. The molecular weight excluding hydrogens is 252 g/mol. The first-order chi connectivity index (χ1) is 8.67. The van der Waals surface area contributed by atoms with E-state index < -0.39 is 0 Å². The zero-order valence-corrected chi connectivity index (χ0v) is 11.3. The van der Waals surface area contributed by atoms with Gasteiger partial charge in [-0.3, -0.25) is 4.79 Å². The minimum absolute atomic E-state index is 0.0875. The van der Waals surface area contributed by atoms with Gasteiger partial charge < -0.3 is 9.47 Å². The average Bonchev–Trinajstić information content (AvgIpc) is 3.17. The number of ether oxygens (including phenoxy) is 2. The molecule has 0 saturated heterocycles. The zero-order chi connectivity index (χ0) is 13.0. The molecule has 0 N–H and O–H groups in total. The molecule has 1 aliphatic rings. The molecule has 0 amide bonds. The quantitative estimate of drug-likeness (QED) is 0.446. The molecule has 2 rings (SSSR count). The maximum Gasteiger partial charge on any atom is 0.306 e. The Morgan fingerprint density at radius 3 is 2.89 bits per heavy atom. The fourth-order valence-corrected chi connectivity index (χ4v) is 2.77. The summed E-state index contributed by atoms with van der Waals surface area (Å²) in [6, 6.07) is 1.71. The summed E-state index contributed by atoms with van der Waals surface area (Å²) in [7, 11) is 3.01. The summed E-state index contributed by atoms with van der Waals surface area (Å²) in [4.78, 5) is 19.7. The van der Waals surface area contributed by atoms with Crippen LogP contribution in [0.1, 0.15) is 19.3 Å². The smallest absolute Gasteiger partial charge is 0.306 e. The molecule has 1 aromatic rings. The fourth-order valence-electron chi connectivity index (χ4n) is 1.65. The molecule has 6 heteroatoms. The molecule has 0 bridgehead atoms. The molecule has 0 unspecified atom stereocenters. The van der Waals surface area contributed by atoms with Gasteiger partial charge in [0, 0.05) is 18.0 Å². The van der Waals surface area contributed by atoms with Gasteiger partial charge in [-0.1, -0.05) is 11.8 Å². The Morgan fingerprint density at radius 1 is 1.50 bits per heavy atom. The minimum atomic E-state index is -0.139. The maximum absolute atomic E-state index is 11.3. The number of hydrogen-bond acceptors (Lipinski definition) is 6. The number of rotatable bonds is 6. The standard InChI is InChI=1S/C12H16N2O3S/c1-16-9-3-6-13-11(14-9)18-8-12(4-5-12)7-10(15)17-2/h3,6H,4-5,7-8H2,1-2H3. The third-order valence-electron chi connectivity index (χ3n) is 3.03. The van der Waals surface area contributed by atoms with Gasteiger partial charge in [0.2, 0.25) is 5.88 Å². The van der Waals surface area contributed by atoms with Crippen molar-refractivity contribution >= 4 is 17.7 Å². The number of methoxy groups -OCH3 is 2. The monoisotopic (exact) mass is 268 g/mol. The number of thioether (sulfide) groups is 1.